The van der Waals surface area contributed by atoms with E-state index in [1.54, 1.807) is 0 Å². The molecule has 1 saturated heterocycles. The number of anilines is 2. The quantitative estimate of drug-likeness (QED) is 0.904. The Balaban J connectivity index is 1.49. The predicted octanol–water partition coefficient (Wildman–Crippen LogP) is 4.00. The number of nitrogens with one attached hydrogen (secondary N) is 1. The second-order valence-corrected chi connectivity index (χ2v) is 6.24. The summed E-state index contributed by atoms with van der Waals surface area (Å²) in [6, 6.07) is 15.7. The summed E-state index contributed by atoms with van der Waals surface area (Å²) in [5.41, 5.74) is 3.19. The summed E-state index contributed by atoms with van der Waals surface area (Å²) < 4.78 is 5.49. The number of aryl methyl sites for hydroxylation is 1. The van der Waals surface area contributed by atoms with Gasteiger partial charge < -0.3 is 15.0 Å². The molecule has 0 spiro atoms. The van der Waals surface area contributed by atoms with Crippen LogP contribution in [-0.2, 0) is 4.79 Å². The highest BCUT2D eigenvalue weighted by atomic mass is 16.5. The van der Waals surface area contributed by atoms with Crippen LogP contribution >= 0.6 is 0 Å². The zero-order valence-corrected chi connectivity index (χ0v) is 14.1. The molecule has 0 aliphatic carbocycles. The molecule has 4 nitrogen and oxygen atoms in total. The number of ether oxygens (including phenoxy) is 1. The molecule has 3 rings (SSSR count). The van der Waals surface area contributed by atoms with Crippen molar-refractivity contribution in [3.8, 4) is 5.75 Å². The Morgan fingerprint density at radius 2 is 1.67 bits per heavy atom. The molecular weight excluding hydrogens is 300 g/mol. The summed E-state index contributed by atoms with van der Waals surface area (Å²) in [5.74, 6) is 0.553. The fourth-order valence-electron chi connectivity index (χ4n) is 2.89. The van der Waals surface area contributed by atoms with Crippen molar-refractivity contribution in [1.29, 1.82) is 0 Å². The van der Waals surface area contributed by atoms with Crippen LogP contribution in [0.3, 0.4) is 0 Å². The maximum Gasteiger partial charge on any atom is 0.262 e. The number of rotatable bonds is 5. The zero-order chi connectivity index (χ0) is 16.8. The minimum absolute atomic E-state index is 0.0109. The summed E-state index contributed by atoms with van der Waals surface area (Å²) in [4.78, 5) is 14.4. The van der Waals surface area contributed by atoms with E-state index in [4.69, 9.17) is 4.74 Å². The third-order valence-electron chi connectivity index (χ3n) is 4.26. The Hall–Kier alpha value is -2.49. The van der Waals surface area contributed by atoms with Crippen molar-refractivity contribution in [2.75, 3.05) is 29.9 Å². The number of piperidine rings is 1. The van der Waals surface area contributed by atoms with Crippen molar-refractivity contribution in [2.24, 2.45) is 0 Å². The number of carbonyl (C=O) groups is 1. The number of hydrogen-bond donors (Lipinski definition) is 1. The highest BCUT2D eigenvalue weighted by Gasteiger charge is 2.11. The molecular formula is C20H24N2O2. The minimum atomic E-state index is -0.152. The van der Waals surface area contributed by atoms with Crippen molar-refractivity contribution in [3.63, 3.8) is 0 Å². The van der Waals surface area contributed by atoms with Crippen LogP contribution in [0, 0.1) is 6.92 Å². The Kier molecular flexibility index (Phi) is 5.36. The first-order valence-corrected chi connectivity index (χ1v) is 8.55. The van der Waals surface area contributed by atoms with E-state index in [0.717, 1.165) is 18.8 Å². The molecule has 0 atom stereocenters. The molecule has 0 aromatic heterocycles. The van der Waals surface area contributed by atoms with Crippen LogP contribution in [0.2, 0.25) is 0 Å². The van der Waals surface area contributed by atoms with Gasteiger partial charge in [-0.05, 0) is 62.6 Å². The van der Waals surface area contributed by atoms with Crippen molar-refractivity contribution < 1.29 is 9.53 Å². The molecule has 4 heteroatoms. The van der Waals surface area contributed by atoms with Crippen LogP contribution in [0.15, 0.2) is 48.5 Å². The van der Waals surface area contributed by atoms with Gasteiger partial charge in [0.15, 0.2) is 6.61 Å². The Morgan fingerprint density at radius 3 is 2.33 bits per heavy atom. The molecule has 126 valence electrons. The van der Waals surface area contributed by atoms with E-state index in [1.807, 2.05) is 43.3 Å². The van der Waals surface area contributed by atoms with E-state index in [-0.39, 0.29) is 12.5 Å². The van der Waals surface area contributed by atoms with Crippen LogP contribution in [-0.4, -0.2) is 25.6 Å². The number of amides is 1. The summed E-state index contributed by atoms with van der Waals surface area (Å²) in [7, 11) is 0. The largest absolute Gasteiger partial charge is 0.484 e. The Bertz CT molecular complexity index is 659. The Labute approximate surface area is 143 Å². The second kappa shape index (κ2) is 7.86. The average Bonchev–Trinajstić information content (AvgIpc) is 2.63. The molecule has 0 saturated carbocycles. The van der Waals surface area contributed by atoms with Gasteiger partial charge >= 0.3 is 0 Å². The van der Waals surface area contributed by atoms with Crippen LogP contribution in [0.25, 0.3) is 0 Å². The highest BCUT2D eigenvalue weighted by molar-refractivity contribution is 5.92. The normalized spacial score (nSPS) is 14.3. The molecule has 2 aromatic carbocycles. The lowest BCUT2D eigenvalue weighted by Gasteiger charge is -2.28. The molecule has 2 aromatic rings. The summed E-state index contributed by atoms with van der Waals surface area (Å²) in [6.07, 6.45) is 3.84. The first-order chi connectivity index (χ1) is 11.7. The van der Waals surface area contributed by atoms with E-state index >= 15 is 0 Å². The molecule has 1 fully saturated rings. The molecule has 24 heavy (non-hydrogen) atoms. The van der Waals surface area contributed by atoms with Gasteiger partial charge in [0.25, 0.3) is 5.91 Å². The first-order valence-electron chi connectivity index (χ1n) is 8.55. The molecule has 1 aliphatic heterocycles. The van der Waals surface area contributed by atoms with Gasteiger partial charge in [-0.1, -0.05) is 17.7 Å². The van der Waals surface area contributed by atoms with Gasteiger partial charge in [-0.2, -0.15) is 0 Å². The molecule has 0 radical (unpaired) electrons. The minimum Gasteiger partial charge on any atom is -0.484 e. The van der Waals surface area contributed by atoms with Gasteiger partial charge in [0.1, 0.15) is 5.75 Å². The lowest BCUT2D eigenvalue weighted by molar-refractivity contribution is -0.118. The van der Waals surface area contributed by atoms with Crippen molar-refractivity contribution in [1.82, 2.24) is 0 Å². The van der Waals surface area contributed by atoms with Crippen LogP contribution < -0.4 is 15.0 Å². The van der Waals surface area contributed by atoms with Crippen LogP contribution in [0.1, 0.15) is 24.8 Å². The summed E-state index contributed by atoms with van der Waals surface area (Å²) in [5, 5.41) is 2.87. The SMILES string of the molecule is Cc1ccc(OCC(=O)Nc2ccc(N3CCCCC3)cc2)cc1. The molecule has 1 N–H and O–H groups in total. The fraction of sp³-hybridized carbons (Fsp3) is 0.350. The highest BCUT2D eigenvalue weighted by Crippen LogP contribution is 2.21. The van der Waals surface area contributed by atoms with Gasteiger partial charge in [-0.15, -0.1) is 0 Å². The van der Waals surface area contributed by atoms with Crippen molar-refractivity contribution in [3.05, 3.63) is 54.1 Å². The smallest absolute Gasteiger partial charge is 0.262 e. The van der Waals surface area contributed by atoms with Gasteiger partial charge in [-0.3, -0.25) is 4.79 Å². The van der Waals surface area contributed by atoms with E-state index < -0.39 is 0 Å². The maximum atomic E-state index is 12.0. The predicted molar refractivity (Wildman–Crippen MR) is 97.8 cm³/mol. The molecule has 1 aliphatic rings. The summed E-state index contributed by atoms with van der Waals surface area (Å²) >= 11 is 0. The number of benzene rings is 2. The van der Waals surface area contributed by atoms with Gasteiger partial charge in [0, 0.05) is 24.5 Å². The molecule has 0 unspecified atom stereocenters. The lowest BCUT2D eigenvalue weighted by atomic mass is 10.1. The van der Waals surface area contributed by atoms with E-state index in [2.05, 4.69) is 22.3 Å². The molecule has 0 bridgehead atoms. The standard InChI is InChI=1S/C20H24N2O2/c1-16-5-11-19(12-6-16)24-15-20(23)21-17-7-9-18(10-8-17)22-13-3-2-4-14-22/h5-12H,2-4,13-15H2,1H3,(H,21,23). The molecule has 1 heterocycles. The van der Waals surface area contributed by atoms with Crippen LogP contribution in [0.5, 0.6) is 5.75 Å². The average molecular weight is 324 g/mol. The van der Waals surface area contributed by atoms with E-state index in [0.29, 0.717) is 5.75 Å². The topological polar surface area (TPSA) is 41.6 Å². The molecule has 1 amide bonds. The fourth-order valence-corrected chi connectivity index (χ4v) is 2.89. The maximum absolute atomic E-state index is 12.0. The van der Waals surface area contributed by atoms with Gasteiger partial charge in [0.2, 0.25) is 0 Å². The Morgan fingerprint density at radius 1 is 1.00 bits per heavy atom. The zero-order valence-electron chi connectivity index (χ0n) is 14.1. The monoisotopic (exact) mass is 324 g/mol. The van der Waals surface area contributed by atoms with Gasteiger partial charge in [-0.25, -0.2) is 0 Å². The summed E-state index contributed by atoms with van der Waals surface area (Å²) in [6.45, 7) is 4.27. The first kappa shape index (κ1) is 16.4. The van der Waals surface area contributed by atoms with E-state index in [1.165, 1.54) is 30.5 Å². The van der Waals surface area contributed by atoms with E-state index in [9.17, 15) is 4.79 Å². The number of nitrogens with zero attached hydrogens (tertiary/aromatic N) is 1. The third kappa shape index (κ3) is 4.51. The van der Waals surface area contributed by atoms with Crippen molar-refractivity contribution in [2.45, 2.75) is 26.2 Å². The lowest BCUT2D eigenvalue weighted by Crippen LogP contribution is -2.29. The number of carbonyl (C=O) groups excluding carboxylic acids is 1. The third-order valence-corrected chi connectivity index (χ3v) is 4.26. The van der Waals surface area contributed by atoms with Crippen molar-refractivity contribution >= 4 is 17.3 Å². The van der Waals surface area contributed by atoms with Gasteiger partial charge in [0.05, 0.1) is 0 Å². The van der Waals surface area contributed by atoms with Crippen LogP contribution in [0.4, 0.5) is 11.4 Å². The number of hydrogen-bond acceptors (Lipinski definition) is 3. The second-order valence-electron chi connectivity index (χ2n) is 6.24.